The van der Waals surface area contributed by atoms with Crippen molar-refractivity contribution in [1.29, 1.82) is 0 Å². The van der Waals surface area contributed by atoms with Crippen LogP contribution < -0.4 is 0 Å². The maximum atomic E-state index is 10.2. The van der Waals surface area contributed by atoms with Gasteiger partial charge in [-0.2, -0.15) is 0 Å². The molecule has 1 heterocycles. The van der Waals surface area contributed by atoms with Gasteiger partial charge in [-0.3, -0.25) is 0 Å². The van der Waals surface area contributed by atoms with Crippen LogP contribution >= 0.6 is 27.3 Å². The molecule has 0 aliphatic heterocycles. The largest absolute Gasteiger partial charge is 0.388 e. The molecule has 17 heavy (non-hydrogen) atoms. The predicted molar refractivity (Wildman–Crippen MR) is 79.6 cm³/mol. The molecule has 2 unspecified atom stereocenters. The average molecular weight is 319 g/mol. The van der Waals surface area contributed by atoms with Crippen LogP contribution in [0.3, 0.4) is 0 Å². The van der Waals surface area contributed by atoms with Gasteiger partial charge < -0.3 is 5.11 Å². The van der Waals surface area contributed by atoms with E-state index >= 15 is 0 Å². The number of halogens is 1. The standard InChI is InChI=1S/C14H23BrOS/c1-9(8-14(3,4)5)6-11(16)12-7-10(2)13(15)17-12/h7,9,11,16H,6,8H2,1-5H3. The number of thiophene rings is 1. The summed E-state index contributed by atoms with van der Waals surface area (Å²) in [5.41, 5.74) is 1.55. The van der Waals surface area contributed by atoms with Crippen LogP contribution in [0.2, 0.25) is 0 Å². The van der Waals surface area contributed by atoms with Crippen LogP contribution in [0.25, 0.3) is 0 Å². The molecule has 0 fully saturated rings. The van der Waals surface area contributed by atoms with Crippen molar-refractivity contribution in [3.8, 4) is 0 Å². The highest BCUT2D eigenvalue weighted by Crippen LogP contribution is 2.36. The van der Waals surface area contributed by atoms with Crippen LogP contribution in [0.5, 0.6) is 0 Å². The van der Waals surface area contributed by atoms with Crippen LogP contribution in [0.1, 0.15) is 57.1 Å². The molecule has 1 rings (SSSR count). The van der Waals surface area contributed by atoms with E-state index in [0.29, 0.717) is 11.3 Å². The highest BCUT2D eigenvalue weighted by molar-refractivity contribution is 9.11. The summed E-state index contributed by atoms with van der Waals surface area (Å²) in [4.78, 5) is 1.08. The number of aliphatic hydroxyl groups is 1. The Kier molecular flexibility index (Phi) is 5.23. The fraction of sp³-hybridized carbons (Fsp3) is 0.714. The maximum Gasteiger partial charge on any atom is 0.0885 e. The van der Waals surface area contributed by atoms with Crippen LogP contribution in [0, 0.1) is 18.3 Å². The molecule has 0 saturated heterocycles. The normalized spacial score (nSPS) is 15.9. The summed E-state index contributed by atoms with van der Waals surface area (Å²) in [7, 11) is 0. The van der Waals surface area contributed by atoms with Crippen LogP contribution in [0.4, 0.5) is 0 Å². The molecule has 0 radical (unpaired) electrons. The van der Waals surface area contributed by atoms with Crippen LogP contribution in [0.15, 0.2) is 9.85 Å². The summed E-state index contributed by atoms with van der Waals surface area (Å²) in [6.07, 6.45) is 1.68. The molecule has 1 aromatic heterocycles. The van der Waals surface area contributed by atoms with Gasteiger partial charge in [0, 0.05) is 4.88 Å². The number of rotatable bonds is 4. The van der Waals surface area contributed by atoms with Gasteiger partial charge in [0.1, 0.15) is 0 Å². The molecule has 3 heteroatoms. The Labute approximate surface area is 117 Å². The van der Waals surface area contributed by atoms with E-state index in [4.69, 9.17) is 0 Å². The molecule has 0 bridgehead atoms. The quantitative estimate of drug-likeness (QED) is 0.797. The van der Waals surface area contributed by atoms with Crippen molar-refractivity contribution in [3.63, 3.8) is 0 Å². The monoisotopic (exact) mass is 318 g/mol. The van der Waals surface area contributed by atoms with E-state index in [0.717, 1.165) is 21.5 Å². The summed E-state index contributed by atoms with van der Waals surface area (Å²) in [5, 5.41) is 10.2. The molecule has 0 aliphatic carbocycles. The van der Waals surface area contributed by atoms with E-state index in [2.05, 4.69) is 56.6 Å². The molecule has 0 aliphatic rings. The van der Waals surface area contributed by atoms with Gasteiger partial charge in [0.25, 0.3) is 0 Å². The highest BCUT2D eigenvalue weighted by atomic mass is 79.9. The predicted octanol–water partition coefficient (Wildman–Crippen LogP) is 5.31. The van der Waals surface area contributed by atoms with Crippen LogP contribution in [-0.4, -0.2) is 5.11 Å². The van der Waals surface area contributed by atoms with E-state index in [9.17, 15) is 5.11 Å². The van der Waals surface area contributed by atoms with Crippen molar-refractivity contribution in [2.45, 2.75) is 53.6 Å². The Morgan fingerprint density at radius 1 is 1.41 bits per heavy atom. The van der Waals surface area contributed by atoms with Crippen molar-refractivity contribution in [3.05, 3.63) is 20.3 Å². The lowest BCUT2D eigenvalue weighted by Crippen LogP contribution is -2.13. The second-order valence-electron chi connectivity index (χ2n) is 6.23. The first-order valence-electron chi connectivity index (χ1n) is 6.13. The Hall–Kier alpha value is 0.140. The first-order chi connectivity index (χ1) is 7.69. The van der Waals surface area contributed by atoms with Gasteiger partial charge in [0.15, 0.2) is 0 Å². The summed E-state index contributed by atoms with van der Waals surface area (Å²) >= 11 is 5.16. The van der Waals surface area contributed by atoms with Gasteiger partial charge in [-0.25, -0.2) is 0 Å². The summed E-state index contributed by atoms with van der Waals surface area (Å²) in [6.45, 7) is 11.0. The fourth-order valence-corrected chi connectivity index (χ4v) is 3.84. The number of aryl methyl sites for hydroxylation is 1. The molecular formula is C14H23BrOS. The van der Waals surface area contributed by atoms with Crippen molar-refractivity contribution < 1.29 is 5.11 Å². The Balaban J connectivity index is 2.57. The van der Waals surface area contributed by atoms with Crippen molar-refractivity contribution in [2.24, 2.45) is 11.3 Å². The minimum absolute atomic E-state index is 0.317. The molecule has 0 amide bonds. The maximum absolute atomic E-state index is 10.2. The Morgan fingerprint density at radius 2 is 2.00 bits per heavy atom. The number of hydrogen-bond donors (Lipinski definition) is 1. The van der Waals surface area contributed by atoms with Gasteiger partial charge in [-0.05, 0) is 58.7 Å². The average Bonchev–Trinajstić information content (AvgIpc) is 2.43. The van der Waals surface area contributed by atoms with E-state index < -0.39 is 0 Å². The third-order valence-corrected chi connectivity index (χ3v) is 5.03. The van der Waals surface area contributed by atoms with E-state index in [-0.39, 0.29) is 6.10 Å². The Morgan fingerprint density at radius 3 is 2.41 bits per heavy atom. The van der Waals surface area contributed by atoms with Gasteiger partial charge in [0.2, 0.25) is 0 Å². The SMILES string of the molecule is Cc1cc(C(O)CC(C)CC(C)(C)C)sc1Br. The fourth-order valence-electron chi connectivity index (χ4n) is 2.27. The molecule has 1 N–H and O–H groups in total. The number of hydrogen-bond acceptors (Lipinski definition) is 2. The second kappa shape index (κ2) is 5.85. The smallest absolute Gasteiger partial charge is 0.0885 e. The van der Waals surface area contributed by atoms with Gasteiger partial charge in [-0.15, -0.1) is 11.3 Å². The van der Waals surface area contributed by atoms with Gasteiger partial charge in [0.05, 0.1) is 9.89 Å². The summed E-state index contributed by atoms with van der Waals surface area (Å²) in [5.74, 6) is 0.547. The van der Waals surface area contributed by atoms with Gasteiger partial charge in [-0.1, -0.05) is 27.7 Å². The molecule has 2 atom stereocenters. The zero-order valence-electron chi connectivity index (χ0n) is 11.4. The second-order valence-corrected chi connectivity index (χ2v) is 8.63. The van der Waals surface area contributed by atoms with Crippen molar-refractivity contribution in [1.82, 2.24) is 0 Å². The molecular weight excluding hydrogens is 296 g/mol. The first kappa shape index (κ1) is 15.2. The molecule has 1 nitrogen and oxygen atoms in total. The first-order valence-corrected chi connectivity index (χ1v) is 7.74. The lowest BCUT2D eigenvalue weighted by molar-refractivity contribution is 0.137. The van der Waals surface area contributed by atoms with Crippen molar-refractivity contribution >= 4 is 27.3 Å². The van der Waals surface area contributed by atoms with Gasteiger partial charge >= 0.3 is 0 Å². The lowest BCUT2D eigenvalue weighted by atomic mass is 9.83. The van der Waals surface area contributed by atoms with E-state index in [1.54, 1.807) is 11.3 Å². The number of aliphatic hydroxyl groups excluding tert-OH is 1. The topological polar surface area (TPSA) is 20.2 Å². The molecule has 0 aromatic carbocycles. The minimum atomic E-state index is -0.317. The molecule has 0 spiro atoms. The Bertz CT molecular complexity index is 345. The molecule has 98 valence electrons. The minimum Gasteiger partial charge on any atom is -0.388 e. The van der Waals surface area contributed by atoms with E-state index in [1.807, 2.05) is 0 Å². The highest BCUT2D eigenvalue weighted by Gasteiger charge is 2.20. The molecule has 0 saturated carbocycles. The van der Waals surface area contributed by atoms with Crippen molar-refractivity contribution in [2.75, 3.05) is 0 Å². The third-order valence-electron chi connectivity index (χ3n) is 2.79. The third kappa shape index (κ3) is 5.11. The zero-order valence-corrected chi connectivity index (χ0v) is 13.8. The van der Waals surface area contributed by atoms with Crippen LogP contribution in [-0.2, 0) is 0 Å². The van der Waals surface area contributed by atoms with E-state index in [1.165, 1.54) is 5.56 Å². The lowest BCUT2D eigenvalue weighted by Gasteiger charge is -2.24. The summed E-state index contributed by atoms with van der Waals surface area (Å²) in [6, 6.07) is 2.09. The summed E-state index contributed by atoms with van der Waals surface area (Å²) < 4.78 is 1.13. The zero-order chi connectivity index (χ0) is 13.2. The molecule has 1 aromatic rings.